The second-order valence-electron chi connectivity index (χ2n) is 14.1. The molecule has 256 valence electrons. The lowest BCUT2D eigenvalue weighted by Gasteiger charge is -2.28. The van der Waals surface area contributed by atoms with Crippen molar-refractivity contribution in [3.05, 3.63) is 0 Å². The van der Waals surface area contributed by atoms with Crippen LogP contribution in [-0.2, 0) is 0 Å². The molecule has 2 heteroatoms. The summed E-state index contributed by atoms with van der Waals surface area (Å²) >= 11 is 0. The molecule has 0 heterocycles. The van der Waals surface area contributed by atoms with Gasteiger partial charge >= 0.3 is 0 Å². The summed E-state index contributed by atoms with van der Waals surface area (Å²) in [6.07, 6.45) is 54.2. The van der Waals surface area contributed by atoms with E-state index < -0.39 is 7.26 Å². The summed E-state index contributed by atoms with van der Waals surface area (Å²) in [5.41, 5.74) is 0. The summed E-state index contributed by atoms with van der Waals surface area (Å²) in [4.78, 5) is 0. The lowest BCUT2D eigenvalue weighted by atomic mass is 10.0. The molecule has 0 amide bonds. The maximum absolute atomic E-state index is 2.36. The van der Waals surface area contributed by atoms with Crippen LogP contribution in [0.1, 0.15) is 233 Å². The van der Waals surface area contributed by atoms with E-state index in [1.807, 2.05) is 0 Å². The zero-order valence-electron chi connectivity index (χ0n) is 30.3. The topological polar surface area (TPSA) is 0 Å². The molecule has 0 spiro atoms. The molecule has 0 aromatic heterocycles. The fourth-order valence-corrected chi connectivity index (χ4v) is 11.9. The van der Waals surface area contributed by atoms with Crippen LogP contribution >= 0.6 is 24.2 Å². The van der Waals surface area contributed by atoms with Gasteiger partial charge < -0.3 is 0 Å². The van der Waals surface area contributed by atoms with E-state index in [4.69, 9.17) is 0 Å². The molecular formula is C40H85BrP+. The summed E-state index contributed by atoms with van der Waals surface area (Å²) in [6, 6.07) is 0. The number of hydrogen-bond acceptors (Lipinski definition) is 0. The van der Waals surface area contributed by atoms with E-state index in [0.717, 1.165) is 0 Å². The van der Waals surface area contributed by atoms with Gasteiger partial charge in [-0.15, -0.1) is 17.0 Å². The summed E-state index contributed by atoms with van der Waals surface area (Å²) in [5.74, 6) is 0. The van der Waals surface area contributed by atoms with Crippen LogP contribution in [0.3, 0.4) is 0 Å². The number of unbranched alkanes of at least 4 members (excludes halogenated alkanes) is 28. The molecule has 0 radical (unpaired) electrons. The first-order valence-corrected chi connectivity index (χ1v) is 22.6. The lowest BCUT2D eigenvalue weighted by molar-refractivity contribution is 0.538. The van der Waals surface area contributed by atoms with Crippen LogP contribution in [0.25, 0.3) is 0 Å². The molecule has 0 bridgehead atoms. The number of halogens is 1. The molecule has 0 rings (SSSR count). The number of hydrogen-bond donors (Lipinski definition) is 0. The Bertz CT molecular complexity index is 424. The summed E-state index contributed by atoms with van der Waals surface area (Å²) in [7, 11) is -0.747. The van der Waals surface area contributed by atoms with E-state index in [2.05, 4.69) is 27.7 Å². The molecule has 0 nitrogen and oxygen atoms in total. The first kappa shape index (κ1) is 45.0. The smallest absolute Gasteiger partial charge is 0.0594 e. The third-order valence-electron chi connectivity index (χ3n) is 9.94. The van der Waals surface area contributed by atoms with Crippen molar-refractivity contribution in [2.75, 3.05) is 24.6 Å². The highest BCUT2D eigenvalue weighted by Crippen LogP contribution is 2.61. The molecule has 0 saturated carbocycles. The minimum atomic E-state index is -0.747. The van der Waals surface area contributed by atoms with E-state index in [0.29, 0.717) is 0 Å². The molecule has 0 aromatic rings. The van der Waals surface area contributed by atoms with Gasteiger partial charge in [0, 0.05) is 7.26 Å². The van der Waals surface area contributed by atoms with E-state index in [-0.39, 0.29) is 17.0 Å². The van der Waals surface area contributed by atoms with E-state index in [1.54, 1.807) is 50.3 Å². The van der Waals surface area contributed by atoms with Crippen LogP contribution in [0.4, 0.5) is 0 Å². The largest absolute Gasteiger partial charge is 0.114 e. The molecule has 0 aliphatic heterocycles. The minimum absolute atomic E-state index is 0. The highest BCUT2D eigenvalue weighted by Gasteiger charge is 2.34. The normalized spacial score (nSPS) is 11.7. The van der Waals surface area contributed by atoms with Crippen molar-refractivity contribution in [3.8, 4) is 0 Å². The first-order valence-electron chi connectivity index (χ1n) is 20.1. The first-order chi connectivity index (χ1) is 20.2. The van der Waals surface area contributed by atoms with Crippen LogP contribution in [-0.4, -0.2) is 24.6 Å². The zero-order chi connectivity index (χ0) is 30.0. The Balaban J connectivity index is 0. The Kier molecular flexibility index (Phi) is 40.8. The van der Waals surface area contributed by atoms with Gasteiger partial charge in [0.15, 0.2) is 0 Å². The quantitative estimate of drug-likeness (QED) is 0.0458. The predicted molar refractivity (Wildman–Crippen MR) is 207 cm³/mol. The van der Waals surface area contributed by atoms with Gasteiger partial charge in [-0.05, 0) is 51.4 Å². The summed E-state index contributed by atoms with van der Waals surface area (Å²) in [6.45, 7) is 9.39. The Morgan fingerprint density at radius 2 is 0.357 bits per heavy atom. The fraction of sp³-hybridized carbons (Fsp3) is 1.00. The Hall–Kier alpha value is 0.910. The highest BCUT2D eigenvalue weighted by molar-refractivity contribution is 8.93. The summed E-state index contributed by atoms with van der Waals surface area (Å²) in [5, 5.41) is 0. The Labute approximate surface area is 281 Å². The molecule has 0 aliphatic rings. The van der Waals surface area contributed by atoms with Gasteiger partial charge in [0.05, 0.1) is 24.6 Å². The van der Waals surface area contributed by atoms with Crippen LogP contribution in [0.15, 0.2) is 0 Å². The highest BCUT2D eigenvalue weighted by atomic mass is 79.9. The maximum atomic E-state index is 2.36. The average molecular weight is 677 g/mol. The van der Waals surface area contributed by atoms with Crippen LogP contribution in [0, 0.1) is 0 Å². The second kappa shape index (κ2) is 38.1. The van der Waals surface area contributed by atoms with E-state index in [9.17, 15) is 0 Å². The average Bonchev–Trinajstić information content (AvgIpc) is 2.98. The Morgan fingerprint density at radius 1 is 0.214 bits per heavy atom. The van der Waals surface area contributed by atoms with Crippen molar-refractivity contribution in [2.24, 2.45) is 0 Å². The van der Waals surface area contributed by atoms with Gasteiger partial charge in [-0.2, -0.15) is 0 Å². The molecule has 0 fully saturated rings. The van der Waals surface area contributed by atoms with Crippen molar-refractivity contribution in [1.82, 2.24) is 0 Å². The molecule has 0 unspecified atom stereocenters. The molecular weight excluding hydrogens is 591 g/mol. The molecule has 0 saturated heterocycles. The van der Waals surface area contributed by atoms with Crippen LogP contribution < -0.4 is 0 Å². The maximum Gasteiger partial charge on any atom is 0.0594 e. The standard InChI is InChI=1S/C40H84P.BrH/c1-5-9-13-17-21-22-23-24-25-26-27-28-32-36-40-41(37-33-29-18-14-10-6-2,38-34-30-19-15-11-7-3)39-35-31-20-16-12-8-4;/h5-40H2,1-4H3;1H/q+1;. The SMILES string of the molecule is Br.CCCCCCCCCCCCCCCC[P+](CCCCCCCC)(CCCCCCCC)CCCCCCCC. The van der Waals surface area contributed by atoms with Gasteiger partial charge in [-0.1, -0.05) is 182 Å². The molecule has 0 atom stereocenters. The van der Waals surface area contributed by atoms with E-state index in [1.165, 1.54) is 180 Å². The molecule has 0 N–H and O–H groups in total. The van der Waals surface area contributed by atoms with Crippen molar-refractivity contribution in [3.63, 3.8) is 0 Å². The minimum Gasteiger partial charge on any atom is -0.114 e. The lowest BCUT2D eigenvalue weighted by Crippen LogP contribution is -2.13. The van der Waals surface area contributed by atoms with Gasteiger partial charge in [-0.3, -0.25) is 0 Å². The van der Waals surface area contributed by atoms with Gasteiger partial charge in [0.1, 0.15) is 0 Å². The van der Waals surface area contributed by atoms with Crippen LogP contribution in [0.5, 0.6) is 0 Å². The van der Waals surface area contributed by atoms with Gasteiger partial charge in [0.25, 0.3) is 0 Å². The monoisotopic (exact) mass is 676 g/mol. The predicted octanol–water partition coefficient (Wildman–Crippen LogP) is 16.1. The van der Waals surface area contributed by atoms with Gasteiger partial charge in [0.2, 0.25) is 0 Å². The third-order valence-corrected chi connectivity index (χ3v) is 15.0. The molecule has 0 aromatic carbocycles. The Morgan fingerprint density at radius 3 is 0.524 bits per heavy atom. The second-order valence-corrected chi connectivity index (χ2v) is 18.6. The van der Waals surface area contributed by atoms with Crippen molar-refractivity contribution in [1.29, 1.82) is 0 Å². The van der Waals surface area contributed by atoms with Gasteiger partial charge in [-0.25, -0.2) is 0 Å². The van der Waals surface area contributed by atoms with E-state index >= 15 is 0 Å². The fourth-order valence-electron chi connectivity index (χ4n) is 7.00. The van der Waals surface area contributed by atoms with Crippen molar-refractivity contribution in [2.45, 2.75) is 233 Å². The zero-order valence-corrected chi connectivity index (χ0v) is 32.9. The summed E-state index contributed by atoms with van der Waals surface area (Å²) < 4.78 is 0. The molecule has 42 heavy (non-hydrogen) atoms. The third kappa shape index (κ3) is 32.3. The number of rotatable bonds is 36. The van der Waals surface area contributed by atoms with Crippen molar-refractivity contribution >= 4 is 24.2 Å². The van der Waals surface area contributed by atoms with Crippen molar-refractivity contribution < 1.29 is 0 Å². The van der Waals surface area contributed by atoms with Crippen LogP contribution in [0.2, 0.25) is 0 Å². The molecule has 0 aliphatic carbocycles.